The summed E-state index contributed by atoms with van der Waals surface area (Å²) in [6.45, 7) is 2.84. The van der Waals surface area contributed by atoms with Crippen LogP contribution in [0.1, 0.15) is 28.5 Å². The maximum atomic E-state index is 6.02. The third-order valence-corrected chi connectivity index (χ3v) is 5.31. The molecule has 0 N–H and O–H groups in total. The van der Waals surface area contributed by atoms with Gasteiger partial charge in [-0.25, -0.2) is 0 Å². The minimum atomic E-state index is -0.00119. The van der Waals surface area contributed by atoms with Crippen LogP contribution in [0.3, 0.4) is 0 Å². The Kier molecular flexibility index (Phi) is 3.34. The molecule has 5 rings (SSSR count). The lowest BCUT2D eigenvalue weighted by atomic mass is 10.1. The van der Waals surface area contributed by atoms with Crippen molar-refractivity contribution in [1.82, 2.24) is 9.58 Å². The Balaban J connectivity index is 1.50. The van der Waals surface area contributed by atoms with Gasteiger partial charge in [0.1, 0.15) is 11.9 Å². The number of aryl methyl sites for hydroxylation is 2. The molecule has 0 aliphatic carbocycles. The fourth-order valence-electron chi connectivity index (χ4n) is 3.85. The number of ether oxygens (including phenoxy) is 2. The van der Waals surface area contributed by atoms with Gasteiger partial charge < -0.3 is 14.0 Å². The lowest BCUT2D eigenvalue weighted by molar-refractivity contribution is 0.174. The van der Waals surface area contributed by atoms with Gasteiger partial charge in [0.05, 0.1) is 25.6 Å². The summed E-state index contributed by atoms with van der Waals surface area (Å²) in [7, 11) is 3.80. The number of methoxy groups -OCH3 is 1. The molecule has 3 aromatic rings. The molecule has 0 saturated carbocycles. The Bertz CT molecular complexity index is 1020. The Hall–Kier alpha value is -2.79. The van der Waals surface area contributed by atoms with Crippen molar-refractivity contribution in [3.8, 4) is 5.75 Å². The molecule has 0 amide bonds. The predicted molar refractivity (Wildman–Crippen MR) is 101 cm³/mol. The third kappa shape index (κ3) is 2.31. The molecule has 5 nitrogen and oxygen atoms in total. The van der Waals surface area contributed by atoms with E-state index >= 15 is 0 Å². The van der Waals surface area contributed by atoms with Crippen LogP contribution in [0, 0.1) is 6.92 Å². The molecule has 0 spiro atoms. The van der Waals surface area contributed by atoms with Gasteiger partial charge in [-0.3, -0.25) is 5.01 Å². The zero-order chi connectivity index (χ0) is 17.8. The normalized spacial score (nSPS) is 20.7. The van der Waals surface area contributed by atoms with Crippen LogP contribution in [0.25, 0.3) is 10.9 Å². The van der Waals surface area contributed by atoms with Gasteiger partial charge in [-0.2, -0.15) is 5.10 Å². The Morgan fingerprint density at radius 2 is 1.96 bits per heavy atom. The van der Waals surface area contributed by atoms with Crippen molar-refractivity contribution in [3.63, 3.8) is 0 Å². The van der Waals surface area contributed by atoms with E-state index in [0.717, 1.165) is 5.75 Å². The average molecular weight is 347 g/mol. The third-order valence-electron chi connectivity index (χ3n) is 5.31. The highest BCUT2D eigenvalue weighted by Crippen LogP contribution is 2.46. The number of fused-ring (bicyclic) bond motifs is 5. The fraction of sp³-hybridized carbons (Fsp3) is 0.286. The summed E-state index contributed by atoms with van der Waals surface area (Å²) in [4.78, 5) is 0. The van der Waals surface area contributed by atoms with E-state index in [-0.39, 0.29) is 12.3 Å². The largest absolute Gasteiger partial charge is 0.497 e. The Morgan fingerprint density at radius 3 is 2.73 bits per heavy atom. The molecule has 2 atom stereocenters. The molecule has 2 aliphatic heterocycles. The SMILES string of the molecule is COc1ccc(CN2N=Cc3c(n(C)c4cc(C)ccc34)C3OC32)cc1. The van der Waals surface area contributed by atoms with Crippen LogP contribution in [0.15, 0.2) is 47.6 Å². The van der Waals surface area contributed by atoms with Crippen molar-refractivity contribution in [2.45, 2.75) is 25.8 Å². The van der Waals surface area contributed by atoms with E-state index in [4.69, 9.17) is 14.6 Å². The minimum absolute atomic E-state index is 0.00119. The van der Waals surface area contributed by atoms with Crippen molar-refractivity contribution in [1.29, 1.82) is 0 Å². The van der Waals surface area contributed by atoms with E-state index in [1.807, 2.05) is 23.4 Å². The lowest BCUT2D eigenvalue weighted by Gasteiger charge is -2.16. The summed E-state index contributed by atoms with van der Waals surface area (Å²) in [5.74, 6) is 0.864. The van der Waals surface area contributed by atoms with Gasteiger partial charge in [0, 0.05) is 23.5 Å². The highest BCUT2D eigenvalue weighted by atomic mass is 16.6. The van der Waals surface area contributed by atoms with Crippen LogP contribution in [-0.4, -0.2) is 29.1 Å². The number of hydrogen-bond donors (Lipinski definition) is 0. The zero-order valence-electron chi connectivity index (χ0n) is 15.1. The number of nitrogens with zero attached hydrogens (tertiary/aromatic N) is 3. The molecule has 3 heterocycles. The second-order valence-corrected chi connectivity index (χ2v) is 7.02. The molecule has 1 aromatic heterocycles. The van der Waals surface area contributed by atoms with E-state index in [1.165, 1.54) is 33.3 Å². The molecule has 2 aliphatic rings. The number of benzene rings is 2. The van der Waals surface area contributed by atoms with Crippen LogP contribution >= 0.6 is 0 Å². The Morgan fingerprint density at radius 1 is 1.15 bits per heavy atom. The summed E-state index contributed by atoms with van der Waals surface area (Å²) < 4.78 is 13.5. The first kappa shape index (κ1) is 15.5. The fourth-order valence-corrected chi connectivity index (χ4v) is 3.85. The summed E-state index contributed by atoms with van der Waals surface area (Å²) >= 11 is 0. The van der Waals surface area contributed by atoms with Crippen LogP contribution in [-0.2, 0) is 18.3 Å². The molecule has 1 saturated heterocycles. The first-order valence-corrected chi connectivity index (χ1v) is 8.83. The average Bonchev–Trinajstić information content (AvgIpc) is 3.40. The standard InChI is InChI=1S/C21H21N3O2/c1-13-4-9-16-17-11-22-24(12-14-5-7-15(25-3)8-6-14)21-20(26-21)19(17)23(2)18(16)10-13/h4-11,20-21H,12H2,1-3H3. The molecule has 5 heteroatoms. The van der Waals surface area contributed by atoms with Gasteiger partial charge in [0.25, 0.3) is 0 Å². The first-order valence-electron chi connectivity index (χ1n) is 8.83. The van der Waals surface area contributed by atoms with Crippen molar-refractivity contribution in [3.05, 3.63) is 64.8 Å². The smallest absolute Gasteiger partial charge is 0.178 e. The van der Waals surface area contributed by atoms with E-state index in [9.17, 15) is 0 Å². The first-order chi connectivity index (χ1) is 12.7. The molecule has 2 unspecified atom stereocenters. The Labute approximate surface area is 152 Å². The topological polar surface area (TPSA) is 42.3 Å². The molecule has 132 valence electrons. The maximum absolute atomic E-state index is 6.02. The second-order valence-electron chi connectivity index (χ2n) is 7.02. The minimum Gasteiger partial charge on any atom is -0.497 e. The quantitative estimate of drug-likeness (QED) is 0.678. The molecular formula is C21H21N3O2. The summed E-state index contributed by atoms with van der Waals surface area (Å²) in [6.07, 6.45) is 2.06. The molecule has 26 heavy (non-hydrogen) atoms. The zero-order valence-corrected chi connectivity index (χ0v) is 15.1. The number of aromatic nitrogens is 1. The van der Waals surface area contributed by atoms with Crippen LogP contribution in [0.2, 0.25) is 0 Å². The summed E-state index contributed by atoms with van der Waals surface area (Å²) in [6, 6.07) is 14.7. The number of hydrazone groups is 1. The van der Waals surface area contributed by atoms with Gasteiger partial charge in [0.15, 0.2) is 6.23 Å². The highest BCUT2D eigenvalue weighted by molar-refractivity contribution is 6.01. The highest BCUT2D eigenvalue weighted by Gasteiger charge is 2.49. The van der Waals surface area contributed by atoms with Gasteiger partial charge >= 0.3 is 0 Å². The van der Waals surface area contributed by atoms with Crippen molar-refractivity contribution >= 4 is 17.1 Å². The van der Waals surface area contributed by atoms with E-state index in [0.29, 0.717) is 6.54 Å². The molecular weight excluding hydrogens is 326 g/mol. The monoisotopic (exact) mass is 347 g/mol. The van der Waals surface area contributed by atoms with Crippen molar-refractivity contribution in [2.24, 2.45) is 12.1 Å². The van der Waals surface area contributed by atoms with E-state index < -0.39 is 0 Å². The van der Waals surface area contributed by atoms with Crippen molar-refractivity contribution in [2.75, 3.05) is 7.11 Å². The van der Waals surface area contributed by atoms with Crippen molar-refractivity contribution < 1.29 is 9.47 Å². The number of epoxide rings is 1. The maximum Gasteiger partial charge on any atom is 0.178 e. The molecule has 1 fully saturated rings. The van der Waals surface area contributed by atoms with Crippen LogP contribution < -0.4 is 4.74 Å². The van der Waals surface area contributed by atoms with Gasteiger partial charge in [-0.05, 0) is 36.2 Å². The van der Waals surface area contributed by atoms with E-state index in [2.05, 4.69) is 48.9 Å². The molecule has 0 bridgehead atoms. The second kappa shape index (κ2) is 5.61. The van der Waals surface area contributed by atoms with Crippen LogP contribution in [0.4, 0.5) is 0 Å². The van der Waals surface area contributed by atoms with Gasteiger partial charge in [0.2, 0.25) is 0 Å². The summed E-state index contributed by atoms with van der Waals surface area (Å²) in [5.41, 5.74) is 6.08. The number of hydrogen-bond acceptors (Lipinski definition) is 4. The van der Waals surface area contributed by atoms with Gasteiger partial charge in [-0.15, -0.1) is 0 Å². The molecule has 0 radical (unpaired) electrons. The van der Waals surface area contributed by atoms with Gasteiger partial charge in [-0.1, -0.05) is 24.3 Å². The molecule has 2 aromatic carbocycles. The lowest BCUT2D eigenvalue weighted by Crippen LogP contribution is -2.20. The number of rotatable bonds is 3. The predicted octanol–water partition coefficient (Wildman–Crippen LogP) is 3.74. The van der Waals surface area contributed by atoms with E-state index in [1.54, 1.807) is 7.11 Å². The van der Waals surface area contributed by atoms with Crippen LogP contribution in [0.5, 0.6) is 5.75 Å². The summed E-state index contributed by atoms with van der Waals surface area (Å²) in [5, 5.41) is 8.02.